The maximum absolute atomic E-state index is 6.06. The van der Waals surface area contributed by atoms with E-state index >= 15 is 0 Å². The zero-order valence-electron chi connectivity index (χ0n) is 9.88. The first-order valence-electron chi connectivity index (χ1n) is 5.74. The standard InChI is InChI=1S/C13H20N2/c1-13(2,3)12-11(14)7-10(8-15-12)9-5-4-6-9/h7-9H,4-6,14H2,1-3H3. The van der Waals surface area contributed by atoms with E-state index < -0.39 is 0 Å². The van der Waals surface area contributed by atoms with E-state index in [0.29, 0.717) is 5.92 Å². The maximum Gasteiger partial charge on any atom is 0.0686 e. The van der Waals surface area contributed by atoms with Gasteiger partial charge in [-0.15, -0.1) is 0 Å². The number of anilines is 1. The summed E-state index contributed by atoms with van der Waals surface area (Å²) in [5.41, 5.74) is 9.30. The number of rotatable bonds is 1. The van der Waals surface area contributed by atoms with Crippen LogP contribution in [0.5, 0.6) is 0 Å². The average molecular weight is 204 g/mol. The molecule has 1 aromatic heterocycles. The Hall–Kier alpha value is -1.05. The van der Waals surface area contributed by atoms with Crippen LogP contribution in [0.4, 0.5) is 5.69 Å². The summed E-state index contributed by atoms with van der Waals surface area (Å²) < 4.78 is 0. The normalized spacial score (nSPS) is 17.5. The van der Waals surface area contributed by atoms with Gasteiger partial charge in [-0.1, -0.05) is 27.2 Å². The molecule has 0 bridgehead atoms. The highest BCUT2D eigenvalue weighted by Crippen LogP contribution is 2.37. The van der Waals surface area contributed by atoms with Crippen molar-refractivity contribution < 1.29 is 0 Å². The summed E-state index contributed by atoms with van der Waals surface area (Å²) in [6.45, 7) is 6.44. The molecule has 0 saturated heterocycles. The van der Waals surface area contributed by atoms with Crippen LogP contribution in [-0.2, 0) is 5.41 Å². The van der Waals surface area contributed by atoms with Crippen LogP contribution in [0.25, 0.3) is 0 Å². The molecule has 0 atom stereocenters. The van der Waals surface area contributed by atoms with Gasteiger partial charge in [0, 0.05) is 11.6 Å². The third kappa shape index (κ3) is 1.99. The first-order valence-corrected chi connectivity index (χ1v) is 5.74. The van der Waals surface area contributed by atoms with Gasteiger partial charge in [0.05, 0.1) is 11.4 Å². The summed E-state index contributed by atoms with van der Waals surface area (Å²) >= 11 is 0. The highest BCUT2D eigenvalue weighted by atomic mass is 14.8. The molecule has 0 aliphatic heterocycles. The van der Waals surface area contributed by atoms with Crippen LogP contribution < -0.4 is 5.73 Å². The SMILES string of the molecule is CC(C)(C)c1ncc(C2CCC2)cc1N. The second-order valence-corrected chi connectivity index (χ2v) is 5.58. The van der Waals surface area contributed by atoms with Gasteiger partial charge in [0.2, 0.25) is 0 Å². The van der Waals surface area contributed by atoms with Gasteiger partial charge in [0.1, 0.15) is 0 Å². The second kappa shape index (κ2) is 3.51. The van der Waals surface area contributed by atoms with Crippen LogP contribution in [0, 0.1) is 0 Å². The molecule has 1 fully saturated rings. The van der Waals surface area contributed by atoms with Crippen LogP contribution >= 0.6 is 0 Å². The topological polar surface area (TPSA) is 38.9 Å². The van der Waals surface area contributed by atoms with Crippen molar-refractivity contribution in [3.8, 4) is 0 Å². The Labute approximate surface area is 91.9 Å². The summed E-state index contributed by atoms with van der Waals surface area (Å²) in [4.78, 5) is 4.53. The van der Waals surface area contributed by atoms with Crippen molar-refractivity contribution in [1.29, 1.82) is 0 Å². The van der Waals surface area contributed by atoms with Crippen LogP contribution in [0.15, 0.2) is 12.3 Å². The zero-order valence-corrected chi connectivity index (χ0v) is 9.88. The van der Waals surface area contributed by atoms with Gasteiger partial charge in [-0.05, 0) is 30.4 Å². The lowest BCUT2D eigenvalue weighted by Gasteiger charge is -2.27. The minimum absolute atomic E-state index is 0.0439. The molecule has 2 heteroatoms. The molecule has 2 rings (SSSR count). The molecule has 15 heavy (non-hydrogen) atoms. The van der Waals surface area contributed by atoms with E-state index in [1.54, 1.807) is 0 Å². The van der Waals surface area contributed by atoms with Crippen molar-refractivity contribution in [1.82, 2.24) is 4.98 Å². The third-order valence-corrected chi connectivity index (χ3v) is 3.23. The lowest BCUT2D eigenvalue weighted by Crippen LogP contribution is -2.18. The molecule has 0 spiro atoms. The molecular formula is C13H20N2. The van der Waals surface area contributed by atoms with E-state index in [2.05, 4.69) is 31.8 Å². The molecule has 82 valence electrons. The Bertz CT molecular complexity index is 359. The van der Waals surface area contributed by atoms with E-state index in [0.717, 1.165) is 11.4 Å². The van der Waals surface area contributed by atoms with Gasteiger partial charge in [-0.25, -0.2) is 0 Å². The first-order chi connectivity index (χ1) is 6.98. The smallest absolute Gasteiger partial charge is 0.0686 e. The quantitative estimate of drug-likeness (QED) is 0.762. The number of nitrogens with two attached hydrogens (primary N) is 1. The second-order valence-electron chi connectivity index (χ2n) is 5.58. The van der Waals surface area contributed by atoms with Crippen LogP contribution in [0.1, 0.15) is 57.2 Å². The Balaban J connectivity index is 2.30. The van der Waals surface area contributed by atoms with E-state index in [1.807, 2.05) is 6.20 Å². The number of aromatic nitrogens is 1. The summed E-state index contributed by atoms with van der Waals surface area (Å²) in [7, 11) is 0. The largest absolute Gasteiger partial charge is 0.397 e. The Kier molecular flexibility index (Phi) is 2.45. The van der Waals surface area contributed by atoms with Crippen molar-refractivity contribution in [2.24, 2.45) is 0 Å². The molecule has 2 N–H and O–H groups in total. The lowest BCUT2D eigenvalue weighted by atomic mass is 9.80. The molecule has 1 aromatic rings. The van der Waals surface area contributed by atoms with Gasteiger partial charge in [0.25, 0.3) is 0 Å². The summed E-state index contributed by atoms with van der Waals surface area (Å²) in [5.74, 6) is 0.716. The monoisotopic (exact) mass is 204 g/mol. The molecule has 1 aliphatic rings. The van der Waals surface area contributed by atoms with Crippen LogP contribution in [0.3, 0.4) is 0 Å². The van der Waals surface area contributed by atoms with Crippen LogP contribution in [-0.4, -0.2) is 4.98 Å². The van der Waals surface area contributed by atoms with Crippen molar-refractivity contribution in [2.75, 3.05) is 5.73 Å². The zero-order chi connectivity index (χ0) is 11.1. The molecule has 2 nitrogen and oxygen atoms in total. The van der Waals surface area contributed by atoms with E-state index in [9.17, 15) is 0 Å². The van der Waals surface area contributed by atoms with Gasteiger partial charge in [0.15, 0.2) is 0 Å². The van der Waals surface area contributed by atoms with Gasteiger partial charge >= 0.3 is 0 Å². The summed E-state index contributed by atoms with van der Waals surface area (Å²) in [6, 6.07) is 2.12. The summed E-state index contributed by atoms with van der Waals surface area (Å²) in [5, 5.41) is 0. The minimum atomic E-state index is 0.0439. The Morgan fingerprint density at radius 2 is 2.00 bits per heavy atom. The van der Waals surface area contributed by atoms with Crippen molar-refractivity contribution in [3.05, 3.63) is 23.5 Å². The highest BCUT2D eigenvalue weighted by molar-refractivity contribution is 5.48. The fourth-order valence-electron chi connectivity index (χ4n) is 2.09. The molecule has 1 saturated carbocycles. The summed E-state index contributed by atoms with van der Waals surface area (Å²) in [6.07, 6.45) is 5.97. The number of nitrogens with zero attached hydrogens (tertiary/aromatic N) is 1. The van der Waals surface area contributed by atoms with Gasteiger partial charge in [-0.3, -0.25) is 4.98 Å². The van der Waals surface area contributed by atoms with E-state index in [1.165, 1.54) is 24.8 Å². The molecule has 1 aliphatic carbocycles. The maximum atomic E-state index is 6.06. The number of nitrogen functional groups attached to an aromatic ring is 1. The van der Waals surface area contributed by atoms with Gasteiger partial charge < -0.3 is 5.73 Å². The molecule has 1 heterocycles. The molecule has 0 radical (unpaired) electrons. The lowest BCUT2D eigenvalue weighted by molar-refractivity contribution is 0.418. The Morgan fingerprint density at radius 1 is 1.33 bits per heavy atom. The van der Waals surface area contributed by atoms with E-state index in [-0.39, 0.29) is 5.41 Å². The highest BCUT2D eigenvalue weighted by Gasteiger charge is 2.23. The number of hydrogen-bond acceptors (Lipinski definition) is 2. The predicted molar refractivity (Wildman–Crippen MR) is 63.9 cm³/mol. The molecular weight excluding hydrogens is 184 g/mol. The molecule has 0 aromatic carbocycles. The average Bonchev–Trinajstić information content (AvgIpc) is 1.97. The first kappa shape index (κ1) is 10.5. The van der Waals surface area contributed by atoms with Crippen LogP contribution in [0.2, 0.25) is 0 Å². The van der Waals surface area contributed by atoms with Crippen molar-refractivity contribution in [3.63, 3.8) is 0 Å². The molecule has 0 unspecified atom stereocenters. The molecule has 0 amide bonds. The Morgan fingerprint density at radius 3 is 2.40 bits per heavy atom. The fraction of sp³-hybridized carbons (Fsp3) is 0.615. The fourth-order valence-corrected chi connectivity index (χ4v) is 2.09. The van der Waals surface area contributed by atoms with Crippen molar-refractivity contribution >= 4 is 5.69 Å². The predicted octanol–water partition coefficient (Wildman–Crippen LogP) is 3.23. The number of hydrogen-bond donors (Lipinski definition) is 1. The number of pyridine rings is 1. The van der Waals surface area contributed by atoms with Crippen molar-refractivity contribution in [2.45, 2.75) is 51.4 Å². The third-order valence-electron chi connectivity index (χ3n) is 3.23. The minimum Gasteiger partial charge on any atom is -0.397 e. The van der Waals surface area contributed by atoms with E-state index in [4.69, 9.17) is 5.73 Å². The van der Waals surface area contributed by atoms with Gasteiger partial charge in [-0.2, -0.15) is 0 Å².